The molecule has 4 rings (SSSR count). The van der Waals surface area contributed by atoms with Crippen LogP contribution in [0.3, 0.4) is 0 Å². The molecule has 1 aromatic heterocycles. The molecule has 2 heterocycles. The average Bonchev–Trinajstić information content (AvgIpc) is 3.24. The molecule has 2 aromatic carbocycles. The SMILES string of the molecule is O=S(=O)(c1ccc(OC(F)(F)F)cc1)C1CCN(c2nc(-c3ccc(Cl)cc3)cs2)CC1. The van der Waals surface area contributed by atoms with Crippen molar-refractivity contribution < 1.29 is 26.3 Å². The van der Waals surface area contributed by atoms with E-state index >= 15 is 0 Å². The van der Waals surface area contributed by atoms with Gasteiger partial charge in [-0.3, -0.25) is 0 Å². The second kappa shape index (κ2) is 8.92. The zero-order valence-electron chi connectivity index (χ0n) is 16.5. The van der Waals surface area contributed by atoms with Gasteiger partial charge >= 0.3 is 6.36 Å². The minimum atomic E-state index is -4.82. The first-order valence-electron chi connectivity index (χ1n) is 9.68. The summed E-state index contributed by atoms with van der Waals surface area (Å²) in [6.07, 6.45) is -4.02. The van der Waals surface area contributed by atoms with Crippen LogP contribution in [0.25, 0.3) is 11.3 Å². The third-order valence-electron chi connectivity index (χ3n) is 5.17. The zero-order valence-corrected chi connectivity index (χ0v) is 18.9. The number of thiazole rings is 1. The van der Waals surface area contributed by atoms with Crippen molar-refractivity contribution in [1.82, 2.24) is 4.98 Å². The van der Waals surface area contributed by atoms with Crippen LogP contribution < -0.4 is 9.64 Å². The first kappa shape index (κ1) is 22.9. The van der Waals surface area contributed by atoms with E-state index in [0.717, 1.165) is 40.7 Å². The molecule has 0 N–H and O–H groups in total. The Morgan fingerprint density at radius 3 is 2.25 bits per heavy atom. The fraction of sp³-hybridized carbons (Fsp3) is 0.286. The molecule has 0 amide bonds. The number of piperidine rings is 1. The number of alkyl halides is 3. The number of halogens is 4. The lowest BCUT2D eigenvalue weighted by Gasteiger charge is -2.31. The quantitative estimate of drug-likeness (QED) is 0.441. The minimum Gasteiger partial charge on any atom is -0.406 e. The highest BCUT2D eigenvalue weighted by Gasteiger charge is 2.33. The van der Waals surface area contributed by atoms with Crippen molar-refractivity contribution in [2.75, 3.05) is 18.0 Å². The highest BCUT2D eigenvalue weighted by atomic mass is 35.5. The summed E-state index contributed by atoms with van der Waals surface area (Å²) in [6.45, 7) is 1.04. The van der Waals surface area contributed by atoms with Crippen LogP contribution in [0.1, 0.15) is 12.8 Å². The molecule has 0 bridgehead atoms. The number of hydrogen-bond donors (Lipinski definition) is 0. The summed E-state index contributed by atoms with van der Waals surface area (Å²) < 4.78 is 66.6. The molecule has 32 heavy (non-hydrogen) atoms. The van der Waals surface area contributed by atoms with Crippen LogP contribution in [0.5, 0.6) is 5.75 Å². The second-order valence-electron chi connectivity index (χ2n) is 7.27. The number of anilines is 1. The molecule has 1 aliphatic rings. The number of nitrogens with zero attached hydrogens (tertiary/aromatic N) is 2. The van der Waals surface area contributed by atoms with Gasteiger partial charge in [0.05, 0.1) is 15.8 Å². The van der Waals surface area contributed by atoms with Crippen molar-refractivity contribution in [2.24, 2.45) is 0 Å². The van der Waals surface area contributed by atoms with Crippen LogP contribution in [0.15, 0.2) is 58.8 Å². The largest absolute Gasteiger partial charge is 0.573 e. The predicted molar refractivity (Wildman–Crippen MR) is 118 cm³/mol. The van der Waals surface area contributed by atoms with Gasteiger partial charge < -0.3 is 9.64 Å². The maximum absolute atomic E-state index is 12.9. The van der Waals surface area contributed by atoms with Crippen LogP contribution in [0.4, 0.5) is 18.3 Å². The minimum absolute atomic E-state index is 0.00949. The van der Waals surface area contributed by atoms with Crippen molar-refractivity contribution in [3.8, 4) is 17.0 Å². The zero-order chi connectivity index (χ0) is 22.9. The predicted octanol–water partition coefficient (Wildman–Crippen LogP) is 5.80. The van der Waals surface area contributed by atoms with E-state index in [1.807, 2.05) is 17.5 Å². The Balaban J connectivity index is 1.40. The van der Waals surface area contributed by atoms with Crippen molar-refractivity contribution in [2.45, 2.75) is 29.3 Å². The van der Waals surface area contributed by atoms with E-state index in [9.17, 15) is 21.6 Å². The number of sulfone groups is 1. The van der Waals surface area contributed by atoms with Gasteiger partial charge in [-0.25, -0.2) is 13.4 Å². The van der Waals surface area contributed by atoms with Gasteiger partial charge in [-0.1, -0.05) is 23.7 Å². The first-order chi connectivity index (χ1) is 15.1. The molecule has 5 nitrogen and oxygen atoms in total. The van der Waals surface area contributed by atoms with Gasteiger partial charge in [0.25, 0.3) is 0 Å². The summed E-state index contributed by atoms with van der Waals surface area (Å²) in [5, 5.41) is 2.81. The Morgan fingerprint density at radius 1 is 1.03 bits per heavy atom. The Morgan fingerprint density at radius 2 is 1.66 bits per heavy atom. The summed E-state index contributed by atoms with van der Waals surface area (Å²) in [5.74, 6) is -0.452. The molecule has 1 aliphatic heterocycles. The van der Waals surface area contributed by atoms with E-state index in [-0.39, 0.29) is 4.90 Å². The lowest BCUT2D eigenvalue weighted by Crippen LogP contribution is -2.39. The molecule has 3 aromatic rings. The van der Waals surface area contributed by atoms with Gasteiger partial charge in [0.1, 0.15) is 5.75 Å². The average molecular weight is 503 g/mol. The number of aromatic nitrogens is 1. The molecule has 0 atom stereocenters. The molecule has 0 saturated carbocycles. The van der Waals surface area contributed by atoms with Crippen molar-refractivity contribution >= 4 is 37.9 Å². The van der Waals surface area contributed by atoms with E-state index in [1.165, 1.54) is 11.3 Å². The molecule has 0 unspecified atom stereocenters. The van der Waals surface area contributed by atoms with E-state index < -0.39 is 27.2 Å². The van der Waals surface area contributed by atoms with Gasteiger partial charge in [-0.15, -0.1) is 24.5 Å². The highest BCUT2D eigenvalue weighted by molar-refractivity contribution is 7.92. The lowest BCUT2D eigenvalue weighted by atomic mass is 10.1. The summed E-state index contributed by atoms with van der Waals surface area (Å²) in [5.41, 5.74) is 1.78. The molecule has 1 saturated heterocycles. The summed E-state index contributed by atoms with van der Waals surface area (Å²) in [6, 6.07) is 11.7. The highest BCUT2D eigenvalue weighted by Crippen LogP contribution is 2.33. The van der Waals surface area contributed by atoms with Gasteiger partial charge in [-0.2, -0.15) is 0 Å². The van der Waals surface area contributed by atoms with Gasteiger partial charge in [0.15, 0.2) is 15.0 Å². The number of benzene rings is 2. The molecule has 0 spiro atoms. The maximum Gasteiger partial charge on any atom is 0.573 e. The van der Waals surface area contributed by atoms with E-state index in [0.29, 0.717) is 31.0 Å². The molecule has 11 heteroatoms. The lowest BCUT2D eigenvalue weighted by molar-refractivity contribution is -0.274. The normalized spacial score (nSPS) is 15.7. The molecular weight excluding hydrogens is 485 g/mol. The van der Waals surface area contributed by atoms with Gasteiger partial charge in [0, 0.05) is 29.1 Å². The Bertz CT molecular complexity index is 1170. The maximum atomic E-state index is 12.9. The Labute approximate surface area is 192 Å². The van der Waals surface area contributed by atoms with Crippen LogP contribution in [-0.4, -0.2) is 38.1 Å². The molecule has 1 fully saturated rings. The van der Waals surface area contributed by atoms with Crippen molar-refractivity contribution in [3.05, 3.63) is 58.9 Å². The van der Waals surface area contributed by atoms with Crippen molar-refractivity contribution in [3.63, 3.8) is 0 Å². The van der Waals surface area contributed by atoms with Crippen LogP contribution in [-0.2, 0) is 9.84 Å². The Hall–Kier alpha value is -2.30. The topological polar surface area (TPSA) is 59.5 Å². The number of ether oxygens (including phenoxy) is 1. The summed E-state index contributed by atoms with van der Waals surface area (Å²) in [4.78, 5) is 6.71. The van der Waals surface area contributed by atoms with E-state index in [2.05, 4.69) is 14.6 Å². The molecule has 0 aliphatic carbocycles. The summed E-state index contributed by atoms with van der Waals surface area (Å²) in [7, 11) is -3.66. The third kappa shape index (κ3) is 5.19. The van der Waals surface area contributed by atoms with Crippen LogP contribution in [0, 0.1) is 0 Å². The van der Waals surface area contributed by atoms with Gasteiger partial charge in [0.2, 0.25) is 0 Å². The standard InChI is InChI=1S/C21H18ClF3N2O3S2/c22-15-3-1-14(2-4-15)19-13-31-20(26-19)27-11-9-18(10-12-27)32(28,29)17-7-5-16(6-8-17)30-21(23,24)25/h1-8,13,18H,9-12H2. The van der Waals surface area contributed by atoms with Crippen molar-refractivity contribution in [1.29, 1.82) is 0 Å². The van der Waals surface area contributed by atoms with E-state index in [4.69, 9.17) is 11.6 Å². The monoisotopic (exact) mass is 502 g/mol. The van der Waals surface area contributed by atoms with Gasteiger partial charge in [-0.05, 0) is 49.2 Å². The molecular formula is C21H18ClF3N2O3S2. The first-order valence-corrected chi connectivity index (χ1v) is 12.5. The molecule has 170 valence electrons. The van der Waals surface area contributed by atoms with Crippen LogP contribution >= 0.6 is 22.9 Å². The Kier molecular flexibility index (Phi) is 6.37. The third-order valence-corrected chi connectivity index (χ3v) is 8.60. The van der Waals surface area contributed by atoms with Crippen LogP contribution in [0.2, 0.25) is 5.02 Å². The van der Waals surface area contributed by atoms with E-state index in [1.54, 1.807) is 12.1 Å². The fourth-order valence-corrected chi connectivity index (χ4v) is 6.29. The second-order valence-corrected chi connectivity index (χ2v) is 10.8. The fourth-order valence-electron chi connectivity index (χ4n) is 3.54. The number of hydrogen-bond acceptors (Lipinski definition) is 6. The molecule has 0 radical (unpaired) electrons. The summed E-state index contributed by atoms with van der Waals surface area (Å²) >= 11 is 7.42. The smallest absolute Gasteiger partial charge is 0.406 e. The number of rotatable bonds is 5.